The van der Waals surface area contributed by atoms with Crippen LogP contribution in [0.15, 0.2) is 36.5 Å². The number of para-hydroxylation sites is 1. The average molecular weight is 268 g/mol. The highest BCUT2D eigenvalue weighted by Crippen LogP contribution is 2.18. The van der Waals surface area contributed by atoms with Gasteiger partial charge in [-0.3, -0.25) is 9.78 Å². The van der Waals surface area contributed by atoms with E-state index in [4.69, 9.17) is 0 Å². The van der Waals surface area contributed by atoms with Gasteiger partial charge in [0.25, 0.3) is 0 Å². The summed E-state index contributed by atoms with van der Waals surface area (Å²) in [5.41, 5.74) is 1.93. The molecule has 1 aromatic heterocycles. The predicted octanol–water partition coefficient (Wildman–Crippen LogP) is 1.97. The van der Waals surface area contributed by atoms with Crippen molar-refractivity contribution in [1.29, 1.82) is 0 Å². The molecule has 1 aliphatic rings. The van der Waals surface area contributed by atoms with E-state index < -0.39 is 0 Å². The standard InChI is InChI=1S/C16H16N2O2/c19-11-14(18-7-3-6-16(18)20)9-12-8-13-4-1-2-5-15(13)17-10-12/h1-2,4-5,8,10-11,14H,3,6-7,9H2/t14-/m1/s1. The van der Waals surface area contributed by atoms with Gasteiger partial charge in [0, 0.05) is 31.0 Å². The van der Waals surface area contributed by atoms with Crippen molar-refractivity contribution in [3.05, 3.63) is 42.1 Å². The van der Waals surface area contributed by atoms with Crippen LogP contribution in [-0.2, 0) is 16.0 Å². The Hall–Kier alpha value is -2.23. The average Bonchev–Trinajstić information content (AvgIpc) is 2.91. The van der Waals surface area contributed by atoms with E-state index in [1.807, 2.05) is 30.3 Å². The molecule has 1 aromatic carbocycles. The summed E-state index contributed by atoms with van der Waals surface area (Å²) in [6, 6.07) is 9.55. The van der Waals surface area contributed by atoms with E-state index in [2.05, 4.69) is 4.98 Å². The highest BCUT2D eigenvalue weighted by atomic mass is 16.2. The van der Waals surface area contributed by atoms with E-state index >= 15 is 0 Å². The first kappa shape index (κ1) is 12.8. The molecule has 2 aromatic rings. The summed E-state index contributed by atoms with van der Waals surface area (Å²) >= 11 is 0. The van der Waals surface area contributed by atoms with Crippen LogP contribution in [0.25, 0.3) is 10.9 Å². The zero-order valence-corrected chi connectivity index (χ0v) is 11.2. The van der Waals surface area contributed by atoms with Gasteiger partial charge in [0.05, 0.1) is 11.6 Å². The first-order valence-corrected chi connectivity index (χ1v) is 6.86. The van der Waals surface area contributed by atoms with Gasteiger partial charge < -0.3 is 9.69 Å². The highest BCUT2D eigenvalue weighted by molar-refractivity contribution is 5.82. The second-order valence-corrected chi connectivity index (χ2v) is 5.13. The lowest BCUT2D eigenvalue weighted by atomic mass is 10.1. The maximum atomic E-state index is 11.7. The Labute approximate surface area is 117 Å². The Balaban J connectivity index is 1.83. The minimum Gasteiger partial charge on any atom is -0.333 e. The van der Waals surface area contributed by atoms with Crippen molar-refractivity contribution in [2.24, 2.45) is 0 Å². The summed E-state index contributed by atoms with van der Waals surface area (Å²) < 4.78 is 0. The number of nitrogens with zero attached hydrogens (tertiary/aromatic N) is 2. The second kappa shape index (κ2) is 5.41. The molecular formula is C16H16N2O2. The lowest BCUT2D eigenvalue weighted by Gasteiger charge is -2.22. The molecular weight excluding hydrogens is 252 g/mol. The Kier molecular flexibility index (Phi) is 3.46. The molecule has 20 heavy (non-hydrogen) atoms. The van der Waals surface area contributed by atoms with Crippen LogP contribution in [0.3, 0.4) is 0 Å². The van der Waals surface area contributed by atoms with Crippen LogP contribution in [0.2, 0.25) is 0 Å². The summed E-state index contributed by atoms with van der Waals surface area (Å²) in [6.45, 7) is 0.684. The Morgan fingerprint density at radius 2 is 2.20 bits per heavy atom. The number of fused-ring (bicyclic) bond motifs is 1. The Morgan fingerprint density at radius 3 is 2.95 bits per heavy atom. The van der Waals surface area contributed by atoms with Crippen molar-refractivity contribution in [2.75, 3.05) is 6.54 Å². The largest absolute Gasteiger partial charge is 0.333 e. The fourth-order valence-electron chi connectivity index (χ4n) is 2.72. The SMILES string of the molecule is O=C[C@@H](Cc1cnc2ccccc2c1)N1CCCC1=O. The molecule has 0 spiro atoms. The minimum absolute atomic E-state index is 0.0795. The van der Waals surface area contributed by atoms with Gasteiger partial charge in [-0.2, -0.15) is 0 Å². The third-order valence-electron chi connectivity index (χ3n) is 3.76. The molecule has 0 bridgehead atoms. The third kappa shape index (κ3) is 2.41. The van der Waals surface area contributed by atoms with Crippen LogP contribution in [0, 0.1) is 0 Å². The van der Waals surface area contributed by atoms with Crippen LogP contribution in [-0.4, -0.2) is 34.7 Å². The number of aldehydes is 1. The summed E-state index contributed by atoms with van der Waals surface area (Å²) in [7, 11) is 0. The number of hydrogen-bond acceptors (Lipinski definition) is 3. The maximum absolute atomic E-state index is 11.7. The number of aromatic nitrogens is 1. The first-order valence-electron chi connectivity index (χ1n) is 6.86. The second-order valence-electron chi connectivity index (χ2n) is 5.13. The van der Waals surface area contributed by atoms with Crippen LogP contribution in [0.5, 0.6) is 0 Å². The smallest absolute Gasteiger partial charge is 0.223 e. The summed E-state index contributed by atoms with van der Waals surface area (Å²) in [5.74, 6) is 0.0795. The quantitative estimate of drug-likeness (QED) is 0.797. The molecule has 0 unspecified atom stereocenters. The van der Waals surface area contributed by atoms with Gasteiger partial charge in [0.15, 0.2) is 0 Å². The molecule has 0 aliphatic carbocycles. The van der Waals surface area contributed by atoms with E-state index in [9.17, 15) is 9.59 Å². The summed E-state index contributed by atoms with van der Waals surface area (Å²) in [6.07, 6.45) is 4.60. The third-order valence-corrected chi connectivity index (χ3v) is 3.76. The van der Waals surface area contributed by atoms with Crippen LogP contribution in [0.4, 0.5) is 0 Å². The van der Waals surface area contributed by atoms with Gasteiger partial charge in [-0.1, -0.05) is 18.2 Å². The molecule has 3 rings (SSSR count). The summed E-state index contributed by atoms with van der Waals surface area (Å²) in [4.78, 5) is 29.1. The normalized spacial score (nSPS) is 16.6. The molecule has 1 fully saturated rings. The molecule has 0 saturated carbocycles. The molecule has 1 saturated heterocycles. The van der Waals surface area contributed by atoms with Crippen LogP contribution < -0.4 is 0 Å². The van der Waals surface area contributed by atoms with Crippen LogP contribution in [0.1, 0.15) is 18.4 Å². The maximum Gasteiger partial charge on any atom is 0.223 e. The van der Waals surface area contributed by atoms with E-state index in [0.717, 1.165) is 29.2 Å². The van der Waals surface area contributed by atoms with Gasteiger partial charge in [-0.25, -0.2) is 0 Å². The van der Waals surface area contributed by atoms with Crippen molar-refractivity contribution in [3.8, 4) is 0 Å². The fourth-order valence-corrected chi connectivity index (χ4v) is 2.72. The zero-order valence-electron chi connectivity index (χ0n) is 11.2. The minimum atomic E-state index is -0.368. The van der Waals surface area contributed by atoms with Crippen molar-refractivity contribution >= 4 is 23.1 Å². The van der Waals surface area contributed by atoms with E-state index in [0.29, 0.717) is 19.4 Å². The molecule has 4 nitrogen and oxygen atoms in total. The predicted molar refractivity (Wildman–Crippen MR) is 76.2 cm³/mol. The number of benzene rings is 1. The highest BCUT2D eigenvalue weighted by Gasteiger charge is 2.27. The van der Waals surface area contributed by atoms with E-state index in [-0.39, 0.29) is 11.9 Å². The molecule has 1 atom stereocenters. The Bertz CT molecular complexity index is 654. The molecule has 102 valence electrons. The van der Waals surface area contributed by atoms with Gasteiger partial charge in [0.2, 0.25) is 5.91 Å². The van der Waals surface area contributed by atoms with Crippen LogP contribution >= 0.6 is 0 Å². The zero-order chi connectivity index (χ0) is 13.9. The van der Waals surface area contributed by atoms with Gasteiger partial charge in [0.1, 0.15) is 6.29 Å². The number of carbonyl (C=O) groups excluding carboxylic acids is 2. The molecule has 4 heteroatoms. The van der Waals surface area contributed by atoms with Crippen molar-refractivity contribution in [2.45, 2.75) is 25.3 Å². The van der Waals surface area contributed by atoms with E-state index in [1.54, 1.807) is 11.1 Å². The molecule has 2 heterocycles. The summed E-state index contributed by atoms with van der Waals surface area (Å²) in [5, 5.41) is 1.06. The first-order chi connectivity index (χ1) is 9.78. The molecule has 0 N–H and O–H groups in total. The molecule has 1 amide bonds. The van der Waals surface area contributed by atoms with Crippen molar-refractivity contribution in [1.82, 2.24) is 9.88 Å². The lowest BCUT2D eigenvalue weighted by molar-refractivity contribution is -0.132. The molecule has 0 radical (unpaired) electrons. The van der Waals surface area contributed by atoms with Crippen molar-refractivity contribution in [3.63, 3.8) is 0 Å². The number of carbonyl (C=O) groups is 2. The van der Waals surface area contributed by atoms with Gasteiger partial charge in [-0.05, 0) is 24.1 Å². The number of hydrogen-bond donors (Lipinski definition) is 0. The Morgan fingerprint density at radius 1 is 1.35 bits per heavy atom. The van der Waals surface area contributed by atoms with Crippen molar-refractivity contribution < 1.29 is 9.59 Å². The number of rotatable bonds is 4. The number of likely N-dealkylation sites (tertiary alicyclic amines) is 1. The topological polar surface area (TPSA) is 50.3 Å². The number of amides is 1. The van der Waals surface area contributed by atoms with Gasteiger partial charge in [-0.15, -0.1) is 0 Å². The van der Waals surface area contributed by atoms with Gasteiger partial charge >= 0.3 is 0 Å². The van der Waals surface area contributed by atoms with E-state index in [1.165, 1.54) is 0 Å². The fraction of sp³-hybridized carbons (Fsp3) is 0.312. The monoisotopic (exact) mass is 268 g/mol. The lowest BCUT2D eigenvalue weighted by Crippen LogP contribution is -2.38. The molecule has 1 aliphatic heterocycles. The number of pyridine rings is 1.